The lowest BCUT2D eigenvalue weighted by molar-refractivity contribution is -0.138. The van der Waals surface area contributed by atoms with E-state index in [4.69, 9.17) is 5.73 Å². The van der Waals surface area contributed by atoms with Crippen molar-refractivity contribution in [3.05, 3.63) is 68.9 Å². The van der Waals surface area contributed by atoms with E-state index < -0.39 is 23.6 Å². The van der Waals surface area contributed by atoms with Crippen LogP contribution in [-0.2, 0) is 6.18 Å². The number of hydrogen-bond acceptors (Lipinski definition) is 1. The van der Waals surface area contributed by atoms with Crippen LogP contribution in [0.1, 0.15) is 28.3 Å². The number of rotatable bonds is 2. The first-order chi connectivity index (χ1) is 9.70. The topological polar surface area (TPSA) is 26.0 Å². The van der Waals surface area contributed by atoms with Crippen molar-refractivity contribution in [3.63, 3.8) is 0 Å². The normalized spacial score (nSPS) is 13.3. The molecule has 2 N–H and O–H groups in total. The lowest BCUT2D eigenvalue weighted by Gasteiger charge is -2.16. The van der Waals surface area contributed by atoms with E-state index in [-0.39, 0.29) is 10.0 Å². The second kappa shape index (κ2) is 5.77. The van der Waals surface area contributed by atoms with Gasteiger partial charge in [-0.3, -0.25) is 0 Å². The van der Waals surface area contributed by atoms with E-state index in [0.29, 0.717) is 11.1 Å². The molecule has 112 valence electrons. The van der Waals surface area contributed by atoms with Gasteiger partial charge in [0.15, 0.2) is 0 Å². The number of hydrogen-bond donors (Lipinski definition) is 1. The zero-order chi connectivity index (χ0) is 15.8. The minimum atomic E-state index is -4.48. The molecule has 0 saturated carbocycles. The molecule has 2 aromatic carbocycles. The monoisotopic (exact) mass is 361 g/mol. The molecule has 0 aliphatic carbocycles. The van der Waals surface area contributed by atoms with E-state index in [1.54, 1.807) is 19.1 Å². The van der Waals surface area contributed by atoms with Crippen molar-refractivity contribution in [2.24, 2.45) is 5.73 Å². The van der Waals surface area contributed by atoms with Gasteiger partial charge in [-0.15, -0.1) is 0 Å². The summed E-state index contributed by atoms with van der Waals surface area (Å²) in [6.45, 7) is 1.60. The largest absolute Gasteiger partial charge is 0.417 e. The molecule has 6 heteroatoms. The average Bonchev–Trinajstić information content (AvgIpc) is 2.40. The lowest BCUT2D eigenvalue weighted by Crippen LogP contribution is -2.14. The van der Waals surface area contributed by atoms with E-state index in [1.165, 1.54) is 18.2 Å². The van der Waals surface area contributed by atoms with Gasteiger partial charge >= 0.3 is 6.18 Å². The summed E-state index contributed by atoms with van der Waals surface area (Å²) in [5.41, 5.74) is 6.30. The number of aryl methyl sites for hydroxylation is 1. The molecule has 2 aromatic rings. The highest BCUT2D eigenvalue weighted by Crippen LogP contribution is 2.36. The molecule has 0 heterocycles. The molecule has 1 unspecified atom stereocenters. The van der Waals surface area contributed by atoms with E-state index >= 15 is 0 Å². The molecule has 0 radical (unpaired) electrons. The van der Waals surface area contributed by atoms with Crippen LogP contribution in [-0.4, -0.2) is 0 Å². The molecule has 0 fully saturated rings. The summed E-state index contributed by atoms with van der Waals surface area (Å²) in [5.74, 6) is -0.434. The van der Waals surface area contributed by atoms with Gasteiger partial charge in [0.2, 0.25) is 0 Å². The first-order valence-corrected chi connectivity index (χ1v) is 6.87. The maximum Gasteiger partial charge on any atom is 0.417 e. The molecule has 21 heavy (non-hydrogen) atoms. The number of nitrogens with two attached hydrogens (primary N) is 1. The lowest BCUT2D eigenvalue weighted by atomic mass is 9.97. The van der Waals surface area contributed by atoms with Gasteiger partial charge in [-0.2, -0.15) is 13.2 Å². The smallest absolute Gasteiger partial charge is 0.320 e. The van der Waals surface area contributed by atoms with Crippen molar-refractivity contribution in [2.75, 3.05) is 0 Å². The molecule has 0 amide bonds. The fourth-order valence-corrected chi connectivity index (χ4v) is 2.42. The highest BCUT2D eigenvalue weighted by Gasteiger charge is 2.33. The second-order valence-electron chi connectivity index (χ2n) is 4.72. The van der Waals surface area contributed by atoms with Crippen molar-refractivity contribution in [3.8, 4) is 0 Å². The Bertz CT molecular complexity index is 667. The van der Waals surface area contributed by atoms with Crippen LogP contribution in [0, 0.1) is 12.7 Å². The van der Waals surface area contributed by atoms with Gasteiger partial charge in [-0.1, -0.05) is 34.1 Å². The zero-order valence-corrected chi connectivity index (χ0v) is 12.6. The highest BCUT2D eigenvalue weighted by atomic mass is 79.9. The maximum absolute atomic E-state index is 13.5. The summed E-state index contributed by atoms with van der Waals surface area (Å²) in [6.07, 6.45) is -4.48. The van der Waals surface area contributed by atoms with Crippen LogP contribution in [0.15, 0.2) is 40.9 Å². The Kier molecular flexibility index (Phi) is 4.39. The quantitative estimate of drug-likeness (QED) is 0.751. The van der Waals surface area contributed by atoms with E-state index in [0.717, 1.165) is 6.07 Å². The van der Waals surface area contributed by atoms with Gasteiger partial charge in [-0.25, -0.2) is 4.39 Å². The number of halogens is 5. The minimum Gasteiger partial charge on any atom is -0.320 e. The third-order valence-electron chi connectivity index (χ3n) is 3.21. The van der Waals surface area contributed by atoms with Gasteiger partial charge in [0, 0.05) is 4.47 Å². The summed E-state index contributed by atoms with van der Waals surface area (Å²) in [5, 5.41) is 0. The molecule has 0 spiro atoms. The highest BCUT2D eigenvalue weighted by molar-refractivity contribution is 9.10. The molecule has 2 rings (SSSR count). The fourth-order valence-electron chi connectivity index (χ4n) is 1.95. The fraction of sp³-hybridized carbons (Fsp3) is 0.200. The van der Waals surface area contributed by atoms with Crippen molar-refractivity contribution >= 4 is 15.9 Å². The zero-order valence-electron chi connectivity index (χ0n) is 11.0. The predicted octanol–water partition coefficient (Wildman–Crippen LogP) is 4.96. The van der Waals surface area contributed by atoms with E-state index in [1.807, 2.05) is 0 Å². The van der Waals surface area contributed by atoms with Crippen LogP contribution in [0.5, 0.6) is 0 Å². The molecule has 0 aromatic heterocycles. The Morgan fingerprint density at radius 3 is 2.19 bits per heavy atom. The third kappa shape index (κ3) is 3.44. The van der Waals surface area contributed by atoms with Crippen LogP contribution in [0.3, 0.4) is 0 Å². The Labute approximate surface area is 127 Å². The standard InChI is InChI=1S/C15H12BrF4N/c1-8-2-3-10(7-13(8)17)14(21)9-4-5-12(16)11(6-9)15(18,19)20/h2-7,14H,21H2,1H3. The Balaban J connectivity index is 2.44. The number of alkyl halides is 3. The molecule has 0 saturated heterocycles. The average molecular weight is 362 g/mol. The SMILES string of the molecule is Cc1ccc(C(N)c2ccc(Br)c(C(F)(F)F)c2)cc1F. The van der Waals surface area contributed by atoms with Crippen LogP contribution < -0.4 is 5.73 Å². The molecule has 0 aliphatic heterocycles. The Morgan fingerprint density at radius 1 is 1.05 bits per heavy atom. The van der Waals surface area contributed by atoms with Crippen molar-refractivity contribution in [2.45, 2.75) is 19.1 Å². The molecule has 1 nitrogen and oxygen atoms in total. The molecule has 0 aliphatic rings. The van der Waals surface area contributed by atoms with E-state index in [9.17, 15) is 17.6 Å². The summed E-state index contributed by atoms with van der Waals surface area (Å²) in [4.78, 5) is 0. The summed E-state index contributed by atoms with van der Waals surface area (Å²) in [6, 6.07) is 7.34. The maximum atomic E-state index is 13.5. The predicted molar refractivity (Wildman–Crippen MR) is 76.3 cm³/mol. The molecule has 1 atom stereocenters. The van der Waals surface area contributed by atoms with Crippen molar-refractivity contribution in [1.29, 1.82) is 0 Å². The van der Waals surface area contributed by atoms with Crippen molar-refractivity contribution < 1.29 is 17.6 Å². The van der Waals surface area contributed by atoms with Gasteiger partial charge in [0.05, 0.1) is 11.6 Å². The minimum absolute atomic E-state index is 0.0546. The number of benzene rings is 2. The van der Waals surface area contributed by atoms with Gasteiger partial charge in [0.1, 0.15) is 5.82 Å². The van der Waals surface area contributed by atoms with Crippen molar-refractivity contribution in [1.82, 2.24) is 0 Å². The third-order valence-corrected chi connectivity index (χ3v) is 3.90. The van der Waals surface area contributed by atoms with E-state index in [2.05, 4.69) is 15.9 Å². The first kappa shape index (κ1) is 16.0. The molecule has 0 bridgehead atoms. The Morgan fingerprint density at radius 2 is 1.62 bits per heavy atom. The van der Waals surface area contributed by atoms with Crippen LogP contribution >= 0.6 is 15.9 Å². The van der Waals surface area contributed by atoms with Gasteiger partial charge < -0.3 is 5.73 Å². The summed E-state index contributed by atoms with van der Waals surface area (Å²) >= 11 is 2.87. The second-order valence-corrected chi connectivity index (χ2v) is 5.58. The summed E-state index contributed by atoms with van der Waals surface area (Å²) < 4.78 is 52.1. The summed E-state index contributed by atoms with van der Waals surface area (Å²) in [7, 11) is 0. The van der Waals surface area contributed by atoms with Gasteiger partial charge in [0.25, 0.3) is 0 Å². The van der Waals surface area contributed by atoms with Crippen LogP contribution in [0.4, 0.5) is 17.6 Å². The first-order valence-electron chi connectivity index (χ1n) is 6.08. The Hall–Kier alpha value is -1.40. The van der Waals surface area contributed by atoms with Crippen LogP contribution in [0.2, 0.25) is 0 Å². The molecular formula is C15H12BrF4N. The van der Waals surface area contributed by atoms with Crippen LogP contribution in [0.25, 0.3) is 0 Å². The van der Waals surface area contributed by atoms with Gasteiger partial charge in [-0.05, 0) is 41.8 Å². The molecular weight excluding hydrogens is 350 g/mol.